The van der Waals surface area contributed by atoms with E-state index in [1.807, 2.05) is 18.7 Å². The maximum Gasteiger partial charge on any atom is 0.273 e. The fraction of sp³-hybridized carbons (Fsp3) is 0.577. The fourth-order valence-corrected chi connectivity index (χ4v) is 5.79. The number of pyridine rings is 1. The number of carbonyl (C=O) groups is 2. The molecule has 3 N–H and O–H groups in total. The Kier molecular flexibility index (Phi) is 11.4. The first-order valence-corrected chi connectivity index (χ1v) is 14.3. The minimum atomic E-state index is -0.405. The average molecular weight is 600 g/mol. The van der Waals surface area contributed by atoms with Gasteiger partial charge in [-0.2, -0.15) is 0 Å². The molecule has 0 saturated carbocycles. The third-order valence-electron chi connectivity index (χ3n) is 7.40. The molecular formula is C26H37Cl3N8O2. The standard InChI is InChI=1S/C19H30ClN7O2.C7H7Cl2N/c1-3-13-11-26(18-16(20)23-15(17(21)24-18)19(29)22-2)9-10-27(13)14-5-4-7-25(12-28)8-6-14;1-4-3-6(8)10-7(9)5(4)2/h12-14H,3-11H2,1-2H3,(H2,21,24)(H,22,29);3H,1-2H3. The zero-order valence-electron chi connectivity index (χ0n) is 22.9. The van der Waals surface area contributed by atoms with Gasteiger partial charge in [-0.25, -0.2) is 15.0 Å². The van der Waals surface area contributed by atoms with E-state index in [0.29, 0.717) is 28.2 Å². The molecule has 2 fully saturated rings. The molecule has 0 bridgehead atoms. The number of aryl methyl sites for hydroxylation is 1. The van der Waals surface area contributed by atoms with Crippen LogP contribution in [0, 0.1) is 13.8 Å². The number of aromatic nitrogens is 3. The van der Waals surface area contributed by atoms with E-state index in [2.05, 4.69) is 37.0 Å². The molecule has 2 unspecified atom stereocenters. The summed E-state index contributed by atoms with van der Waals surface area (Å²) in [5, 5.41) is 3.63. The molecule has 0 radical (unpaired) electrons. The third kappa shape index (κ3) is 7.84. The van der Waals surface area contributed by atoms with E-state index in [4.69, 9.17) is 40.5 Å². The Morgan fingerprint density at radius 3 is 2.49 bits per heavy atom. The van der Waals surface area contributed by atoms with E-state index in [1.54, 1.807) is 6.07 Å². The second-order valence-corrected chi connectivity index (χ2v) is 10.9. The minimum Gasteiger partial charge on any atom is -0.382 e. The Morgan fingerprint density at radius 2 is 1.85 bits per heavy atom. The summed E-state index contributed by atoms with van der Waals surface area (Å²) >= 11 is 17.7. The summed E-state index contributed by atoms with van der Waals surface area (Å²) in [6, 6.07) is 2.63. The lowest BCUT2D eigenvalue weighted by Gasteiger charge is -2.45. The van der Waals surface area contributed by atoms with E-state index in [9.17, 15) is 9.59 Å². The van der Waals surface area contributed by atoms with Crippen LogP contribution in [0.15, 0.2) is 6.07 Å². The number of hydrogen-bond acceptors (Lipinski definition) is 8. The van der Waals surface area contributed by atoms with Gasteiger partial charge in [-0.1, -0.05) is 41.7 Å². The van der Waals surface area contributed by atoms with Crippen LogP contribution in [0.5, 0.6) is 0 Å². The Balaban J connectivity index is 0.000000353. The van der Waals surface area contributed by atoms with Crippen molar-refractivity contribution in [3.8, 4) is 0 Å². The molecule has 2 aromatic rings. The summed E-state index contributed by atoms with van der Waals surface area (Å²) in [4.78, 5) is 42.0. The summed E-state index contributed by atoms with van der Waals surface area (Å²) in [6.45, 7) is 10.1. The van der Waals surface area contributed by atoms with Crippen molar-refractivity contribution in [2.75, 3.05) is 50.4 Å². The molecule has 13 heteroatoms. The number of halogens is 3. The Labute approximate surface area is 245 Å². The maximum absolute atomic E-state index is 11.9. The number of piperazine rings is 1. The van der Waals surface area contributed by atoms with E-state index < -0.39 is 5.91 Å². The van der Waals surface area contributed by atoms with Crippen molar-refractivity contribution < 1.29 is 9.59 Å². The largest absolute Gasteiger partial charge is 0.382 e. The lowest BCUT2D eigenvalue weighted by molar-refractivity contribution is -0.118. The van der Waals surface area contributed by atoms with Crippen molar-refractivity contribution in [2.24, 2.45) is 0 Å². The molecule has 2 aliphatic rings. The second-order valence-electron chi connectivity index (χ2n) is 9.80. The third-order valence-corrected chi connectivity index (χ3v) is 8.21. The lowest BCUT2D eigenvalue weighted by Crippen LogP contribution is -2.56. The van der Waals surface area contributed by atoms with E-state index >= 15 is 0 Å². The number of nitrogens with two attached hydrogens (primary N) is 1. The number of nitrogen functional groups attached to an aromatic ring is 1. The van der Waals surface area contributed by atoms with Gasteiger partial charge in [0.1, 0.15) is 10.3 Å². The zero-order valence-corrected chi connectivity index (χ0v) is 25.2. The van der Waals surface area contributed by atoms with Gasteiger partial charge in [0, 0.05) is 51.9 Å². The number of anilines is 2. The number of carbonyl (C=O) groups excluding carboxylic acids is 2. The maximum atomic E-state index is 11.9. The van der Waals surface area contributed by atoms with Crippen LogP contribution in [-0.4, -0.2) is 88.9 Å². The number of nitrogens with zero attached hydrogens (tertiary/aromatic N) is 6. The summed E-state index contributed by atoms with van der Waals surface area (Å²) in [7, 11) is 1.51. The highest BCUT2D eigenvalue weighted by molar-refractivity contribution is 6.33. The Morgan fingerprint density at radius 1 is 1.10 bits per heavy atom. The van der Waals surface area contributed by atoms with Crippen LogP contribution in [-0.2, 0) is 4.79 Å². The van der Waals surface area contributed by atoms with Crippen LogP contribution in [0.3, 0.4) is 0 Å². The van der Waals surface area contributed by atoms with Gasteiger partial charge >= 0.3 is 0 Å². The van der Waals surface area contributed by atoms with Crippen LogP contribution >= 0.6 is 34.8 Å². The molecule has 4 rings (SSSR count). The van der Waals surface area contributed by atoms with Crippen molar-refractivity contribution in [3.63, 3.8) is 0 Å². The van der Waals surface area contributed by atoms with Gasteiger partial charge in [-0.05, 0) is 56.7 Å². The molecular weight excluding hydrogens is 563 g/mol. The van der Waals surface area contributed by atoms with Crippen LogP contribution in [0.1, 0.15) is 54.2 Å². The molecule has 0 aromatic carbocycles. The highest BCUT2D eigenvalue weighted by Gasteiger charge is 2.33. The van der Waals surface area contributed by atoms with Gasteiger partial charge in [0.15, 0.2) is 22.5 Å². The topological polar surface area (TPSA) is 121 Å². The summed E-state index contributed by atoms with van der Waals surface area (Å²) < 4.78 is 0. The van der Waals surface area contributed by atoms with E-state index in [1.165, 1.54) is 7.05 Å². The zero-order chi connectivity index (χ0) is 28.7. The molecule has 39 heavy (non-hydrogen) atoms. The minimum absolute atomic E-state index is 0.0464. The predicted octanol–water partition coefficient (Wildman–Crippen LogP) is 3.99. The van der Waals surface area contributed by atoms with Crippen molar-refractivity contribution in [1.29, 1.82) is 0 Å². The van der Waals surface area contributed by atoms with Crippen molar-refractivity contribution in [1.82, 2.24) is 30.1 Å². The normalized spacial score (nSPS) is 20.1. The van der Waals surface area contributed by atoms with Crippen LogP contribution in [0.4, 0.5) is 11.6 Å². The molecule has 2 saturated heterocycles. The molecule has 2 aromatic heterocycles. The van der Waals surface area contributed by atoms with Gasteiger partial charge in [-0.3, -0.25) is 14.5 Å². The van der Waals surface area contributed by atoms with Gasteiger partial charge in [-0.15, -0.1) is 0 Å². The number of likely N-dealkylation sites (tertiary alicyclic amines) is 1. The fourth-order valence-electron chi connectivity index (χ4n) is 5.01. The first kappa shape index (κ1) is 31.1. The molecule has 2 aliphatic heterocycles. The van der Waals surface area contributed by atoms with E-state index in [-0.39, 0.29) is 16.7 Å². The second kappa shape index (κ2) is 14.3. The summed E-state index contributed by atoms with van der Waals surface area (Å²) in [5.74, 6) is 0.206. The number of amides is 2. The Hall–Kier alpha value is -2.40. The van der Waals surface area contributed by atoms with Gasteiger partial charge in [0.2, 0.25) is 6.41 Å². The van der Waals surface area contributed by atoms with Crippen LogP contribution in [0.25, 0.3) is 0 Å². The first-order chi connectivity index (χ1) is 18.6. The predicted molar refractivity (Wildman–Crippen MR) is 157 cm³/mol. The molecule has 2 amide bonds. The van der Waals surface area contributed by atoms with Crippen molar-refractivity contribution >= 4 is 58.8 Å². The van der Waals surface area contributed by atoms with Crippen molar-refractivity contribution in [2.45, 2.75) is 58.5 Å². The quantitative estimate of drug-likeness (QED) is 0.391. The highest BCUT2D eigenvalue weighted by Crippen LogP contribution is 2.29. The average Bonchev–Trinajstić information content (AvgIpc) is 3.18. The monoisotopic (exact) mass is 598 g/mol. The highest BCUT2D eigenvalue weighted by atomic mass is 35.5. The van der Waals surface area contributed by atoms with Gasteiger partial charge < -0.3 is 20.9 Å². The van der Waals surface area contributed by atoms with Crippen LogP contribution < -0.4 is 16.0 Å². The summed E-state index contributed by atoms with van der Waals surface area (Å²) in [5.41, 5.74) is 8.08. The molecule has 0 spiro atoms. The molecule has 4 heterocycles. The smallest absolute Gasteiger partial charge is 0.273 e. The number of rotatable bonds is 5. The number of nitrogens with one attached hydrogen (secondary N) is 1. The van der Waals surface area contributed by atoms with Gasteiger partial charge in [0.05, 0.1) is 0 Å². The van der Waals surface area contributed by atoms with Gasteiger partial charge in [0.25, 0.3) is 5.91 Å². The van der Waals surface area contributed by atoms with Crippen molar-refractivity contribution in [3.05, 3.63) is 38.3 Å². The number of hydrogen-bond donors (Lipinski definition) is 2. The summed E-state index contributed by atoms with van der Waals surface area (Å²) in [6.07, 6.45) is 5.11. The molecule has 0 aliphatic carbocycles. The van der Waals surface area contributed by atoms with Crippen LogP contribution in [0.2, 0.25) is 15.5 Å². The molecule has 214 valence electrons. The van der Waals surface area contributed by atoms with E-state index in [0.717, 1.165) is 75.9 Å². The first-order valence-electron chi connectivity index (χ1n) is 13.1. The lowest BCUT2D eigenvalue weighted by atomic mass is 10.0. The Bertz CT molecular complexity index is 1150. The molecule has 2 atom stereocenters. The molecule has 10 nitrogen and oxygen atoms in total. The SMILES string of the molecule is CCC1CN(c2nc(N)c(C(=O)NC)nc2Cl)CCN1C1CCCN(C=O)CC1.Cc1cc(Cl)nc(Cl)c1C.